The van der Waals surface area contributed by atoms with Crippen molar-refractivity contribution < 1.29 is 4.79 Å². The third-order valence-corrected chi connectivity index (χ3v) is 3.70. The maximum absolute atomic E-state index is 12.5. The molecule has 0 saturated carbocycles. The number of amides is 1. The predicted molar refractivity (Wildman–Crippen MR) is 79.2 cm³/mol. The van der Waals surface area contributed by atoms with Gasteiger partial charge in [0.25, 0.3) is 5.91 Å². The highest BCUT2D eigenvalue weighted by Crippen LogP contribution is 2.21. The van der Waals surface area contributed by atoms with Gasteiger partial charge in [0, 0.05) is 25.8 Å². The van der Waals surface area contributed by atoms with E-state index in [4.69, 9.17) is 5.84 Å². The second kappa shape index (κ2) is 6.67. The molecule has 2 heterocycles. The first kappa shape index (κ1) is 14.7. The minimum absolute atomic E-state index is 0.00866. The third kappa shape index (κ3) is 3.46. The summed E-state index contributed by atoms with van der Waals surface area (Å²) in [5, 5.41) is 0. The maximum atomic E-state index is 12.5. The Hall–Kier alpha value is -1.66. The van der Waals surface area contributed by atoms with Crippen LogP contribution in [0.4, 0.5) is 5.82 Å². The number of nitrogens with two attached hydrogens (primary N) is 1. The zero-order valence-corrected chi connectivity index (χ0v) is 12.2. The predicted octanol–water partition coefficient (Wildman–Crippen LogP) is 0.781. The van der Waals surface area contributed by atoms with Gasteiger partial charge in [-0.2, -0.15) is 0 Å². The largest absolute Gasteiger partial charge is 0.339 e. The molecule has 1 aliphatic heterocycles. The van der Waals surface area contributed by atoms with E-state index in [0.717, 1.165) is 32.5 Å². The van der Waals surface area contributed by atoms with Gasteiger partial charge in [0.1, 0.15) is 0 Å². The first-order valence-electron chi connectivity index (χ1n) is 6.97. The van der Waals surface area contributed by atoms with Gasteiger partial charge in [-0.1, -0.05) is 0 Å². The molecule has 110 valence electrons. The lowest BCUT2D eigenvalue weighted by Crippen LogP contribution is -2.41. The molecular formula is C14H23N5O. The molecule has 0 atom stereocenters. The van der Waals surface area contributed by atoms with Crippen molar-refractivity contribution in [3.05, 3.63) is 23.9 Å². The van der Waals surface area contributed by atoms with Crippen LogP contribution in [0.15, 0.2) is 18.3 Å². The number of carbonyl (C=O) groups excluding carboxylic acids is 1. The van der Waals surface area contributed by atoms with Gasteiger partial charge in [-0.15, -0.1) is 0 Å². The summed E-state index contributed by atoms with van der Waals surface area (Å²) >= 11 is 0. The van der Waals surface area contributed by atoms with E-state index in [1.54, 1.807) is 18.3 Å². The SMILES string of the molecule is CN(C)CC1CCN(C(=O)c2cccnc2NN)CC1. The molecule has 6 heteroatoms. The van der Waals surface area contributed by atoms with Crippen LogP contribution in [0.3, 0.4) is 0 Å². The van der Waals surface area contributed by atoms with Gasteiger partial charge < -0.3 is 15.2 Å². The monoisotopic (exact) mass is 277 g/mol. The number of hydrazine groups is 1. The van der Waals surface area contributed by atoms with Crippen molar-refractivity contribution in [3.63, 3.8) is 0 Å². The van der Waals surface area contributed by atoms with Crippen molar-refractivity contribution in [2.24, 2.45) is 11.8 Å². The van der Waals surface area contributed by atoms with Crippen molar-refractivity contribution in [2.75, 3.05) is 39.2 Å². The van der Waals surface area contributed by atoms with Gasteiger partial charge in [0.05, 0.1) is 5.56 Å². The van der Waals surface area contributed by atoms with Crippen molar-refractivity contribution >= 4 is 11.7 Å². The minimum atomic E-state index is 0.00866. The highest BCUT2D eigenvalue weighted by atomic mass is 16.2. The Morgan fingerprint density at radius 1 is 1.50 bits per heavy atom. The first-order valence-corrected chi connectivity index (χ1v) is 6.97. The zero-order chi connectivity index (χ0) is 14.5. The summed E-state index contributed by atoms with van der Waals surface area (Å²) in [4.78, 5) is 20.7. The van der Waals surface area contributed by atoms with Gasteiger partial charge in [0.15, 0.2) is 5.82 Å². The number of nitrogens with zero attached hydrogens (tertiary/aromatic N) is 3. The van der Waals surface area contributed by atoms with E-state index in [0.29, 0.717) is 17.3 Å². The fourth-order valence-electron chi connectivity index (χ4n) is 2.70. The van der Waals surface area contributed by atoms with Gasteiger partial charge in [0.2, 0.25) is 0 Å². The lowest BCUT2D eigenvalue weighted by Gasteiger charge is -2.33. The number of hydrogen-bond donors (Lipinski definition) is 2. The Labute approximate surface area is 119 Å². The second-order valence-corrected chi connectivity index (χ2v) is 5.54. The number of rotatable bonds is 4. The molecule has 0 aliphatic carbocycles. The summed E-state index contributed by atoms with van der Waals surface area (Å²) in [6, 6.07) is 3.52. The molecule has 1 aliphatic rings. The molecule has 0 spiro atoms. The zero-order valence-electron chi connectivity index (χ0n) is 12.2. The number of carbonyl (C=O) groups is 1. The number of hydrogen-bond acceptors (Lipinski definition) is 5. The Morgan fingerprint density at radius 2 is 2.20 bits per heavy atom. The van der Waals surface area contributed by atoms with Crippen LogP contribution in [0.1, 0.15) is 23.2 Å². The lowest BCUT2D eigenvalue weighted by molar-refractivity contribution is 0.0678. The number of anilines is 1. The summed E-state index contributed by atoms with van der Waals surface area (Å²) in [6.07, 6.45) is 3.72. The van der Waals surface area contributed by atoms with Crippen LogP contribution in [0.2, 0.25) is 0 Å². The Balaban J connectivity index is 1.98. The molecule has 0 unspecified atom stereocenters. The Morgan fingerprint density at radius 3 is 2.80 bits per heavy atom. The number of piperidine rings is 1. The average molecular weight is 277 g/mol. The fraction of sp³-hybridized carbons (Fsp3) is 0.571. The van der Waals surface area contributed by atoms with Crippen molar-refractivity contribution in [3.8, 4) is 0 Å². The van der Waals surface area contributed by atoms with E-state index in [-0.39, 0.29) is 5.91 Å². The molecule has 1 amide bonds. The molecule has 3 N–H and O–H groups in total. The molecule has 0 bridgehead atoms. The normalized spacial score (nSPS) is 16.5. The molecule has 20 heavy (non-hydrogen) atoms. The Bertz CT molecular complexity index is 455. The third-order valence-electron chi connectivity index (χ3n) is 3.70. The van der Waals surface area contributed by atoms with Crippen molar-refractivity contribution in [1.82, 2.24) is 14.8 Å². The van der Waals surface area contributed by atoms with Crippen LogP contribution in [0.5, 0.6) is 0 Å². The summed E-state index contributed by atoms with van der Waals surface area (Å²) in [7, 11) is 4.18. The van der Waals surface area contributed by atoms with Crippen LogP contribution < -0.4 is 11.3 Å². The molecule has 0 aromatic carbocycles. The molecule has 2 rings (SSSR count). The van der Waals surface area contributed by atoms with E-state index in [9.17, 15) is 4.79 Å². The van der Waals surface area contributed by atoms with Crippen LogP contribution in [-0.4, -0.2) is 54.4 Å². The molecule has 1 fully saturated rings. The fourth-order valence-corrected chi connectivity index (χ4v) is 2.70. The summed E-state index contributed by atoms with van der Waals surface area (Å²) in [5.74, 6) is 6.53. The van der Waals surface area contributed by atoms with Crippen molar-refractivity contribution in [1.29, 1.82) is 0 Å². The lowest BCUT2D eigenvalue weighted by atomic mass is 9.96. The van der Waals surface area contributed by atoms with Crippen molar-refractivity contribution in [2.45, 2.75) is 12.8 Å². The van der Waals surface area contributed by atoms with E-state index in [1.807, 2.05) is 4.90 Å². The Kier molecular flexibility index (Phi) is 4.92. The van der Waals surface area contributed by atoms with E-state index < -0.39 is 0 Å². The molecule has 1 aromatic rings. The molecule has 1 saturated heterocycles. The number of nitrogens with one attached hydrogen (secondary N) is 1. The summed E-state index contributed by atoms with van der Waals surface area (Å²) in [6.45, 7) is 2.69. The highest BCUT2D eigenvalue weighted by Gasteiger charge is 2.25. The maximum Gasteiger partial charge on any atom is 0.257 e. The number of aromatic nitrogens is 1. The van der Waals surface area contributed by atoms with Gasteiger partial charge in [-0.05, 0) is 45.0 Å². The van der Waals surface area contributed by atoms with E-state index in [2.05, 4.69) is 29.4 Å². The highest BCUT2D eigenvalue weighted by molar-refractivity contribution is 5.98. The smallest absolute Gasteiger partial charge is 0.257 e. The molecule has 1 aromatic heterocycles. The van der Waals surface area contributed by atoms with Gasteiger partial charge in [-0.3, -0.25) is 4.79 Å². The van der Waals surface area contributed by atoms with E-state index >= 15 is 0 Å². The first-order chi connectivity index (χ1) is 9.61. The van der Waals surface area contributed by atoms with Crippen LogP contribution in [0, 0.1) is 5.92 Å². The topological polar surface area (TPSA) is 74.5 Å². The minimum Gasteiger partial charge on any atom is -0.339 e. The van der Waals surface area contributed by atoms with E-state index in [1.165, 1.54) is 0 Å². The second-order valence-electron chi connectivity index (χ2n) is 5.54. The number of nitrogen functional groups attached to an aromatic ring is 1. The van der Waals surface area contributed by atoms with Crippen LogP contribution in [0.25, 0.3) is 0 Å². The van der Waals surface area contributed by atoms with Crippen LogP contribution >= 0.6 is 0 Å². The standard InChI is InChI=1S/C14H23N5O/c1-18(2)10-11-5-8-19(9-6-11)14(20)12-4-3-7-16-13(12)17-15/h3-4,7,11H,5-6,8-10,15H2,1-2H3,(H,16,17). The molecule has 6 nitrogen and oxygen atoms in total. The summed E-state index contributed by atoms with van der Waals surface area (Å²) in [5.41, 5.74) is 3.03. The van der Waals surface area contributed by atoms with Crippen LogP contribution in [-0.2, 0) is 0 Å². The molecule has 0 radical (unpaired) electrons. The number of pyridine rings is 1. The summed E-state index contributed by atoms with van der Waals surface area (Å²) < 4.78 is 0. The van der Waals surface area contributed by atoms with Gasteiger partial charge >= 0.3 is 0 Å². The quantitative estimate of drug-likeness (QED) is 0.628. The average Bonchev–Trinajstić information content (AvgIpc) is 2.46. The van der Waals surface area contributed by atoms with Gasteiger partial charge in [-0.25, -0.2) is 10.8 Å². The number of likely N-dealkylation sites (tertiary alicyclic amines) is 1. The molecular weight excluding hydrogens is 254 g/mol.